The van der Waals surface area contributed by atoms with Gasteiger partial charge in [-0.05, 0) is 55.7 Å². The summed E-state index contributed by atoms with van der Waals surface area (Å²) in [5.74, 6) is -0.718. The van der Waals surface area contributed by atoms with Crippen LogP contribution in [0, 0.1) is 12.7 Å². The van der Waals surface area contributed by atoms with Crippen LogP contribution in [0.5, 0.6) is 0 Å². The van der Waals surface area contributed by atoms with E-state index in [1.165, 1.54) is 12.1 Å². The lowest BCUT2D eigenvalue weighted by atomic mass is 10.1. The molecule has 2 aromatic rings. The third-order valence-corrected chi connectivity index (χ3v) is 4.66. The first-order chi connectivity index (χ1) is 13.0. The molecule has 0 spiro atoms. The molecule has 0 radical (unpaired) electrons. The van der Waals surface area contributed by atoms with Gasteiger partial charge in [-0.1, -0.05) is 12.1 Å². The molecule has 27 heavy (non-hydrogen) atoms. The summed E-state index contributed by atoms with van der Waals surface area (Å²) in [5.41, 5.74) is 3.25. The molecule has 0 unspecified atom stereocenters. The second kappa shape index (κ2) is 8.03. The van der Waals surface area contributed by atoms with E-state index in [0.717, 1.165) is 24.1 Å². The molecular weight excluding hydrogens is 345 g/mol. The van der Waals surface area contributed by atoms with Gasteiger partial charge in [0, 0.05) is 30.4 Å². The fourth-order valence-corrected chi connectivity index (χ4v) is 2.89. The van der Waals surface area contributed by atoms with Gasteiger partial charge in [0.05, 0.1) is 11.4 Å². The van der Waals surface area contributed by atoms with Gasteiger partial charge in [0.1, 0.15) is 5.82 Å². The Bertz CT molecular complexity index is 891. The van der Waals surface area contributed by atoms with E-state index in [1.807, 2.05) is 25.2 Å². The van der Waals surface area contributed by atoms with Crippen LogP contribution in [-0.4, -0.2) is 25.4 Å². The van der Waals surface area contributed by atoms with E-state index in [9.17, 15) is 14.0 Å². The van der Waals surface area contributed by atoms with Crippen molar-refractivity contribution >= 4 is 35.5 Å². The number of hydrogen-bond acceptors (Lipinski definition) is 3. The minimum Gasteiger partial charge on any atom is -0.370 e. The first kappa shape index (κ1) is 18.6. The average molecular weight is 367 g/mol. The van der Waals surface area contributed by atoms with Crippen LogP contribution < -0.4 is 15.5 Å². The Morgan fingerprint density at radius 2 is 2.00 bits per heavy atom. The summed E-state index contributed by atoms with van der Waals surface area (Å²) in [5, 5.41) is 5.39. The highest BCUT2D eigenvalue weighted by Crippen LogP contribution is 2.35. The van der Waals surface area contributed by atoms with Gasteiger partial charge in [-0.2, -0.15) is 0 Å². The number of halogens is 1. The summed E-state index contributed by atoms with van der Waals surface area (Å²) in [4.78, 5) is 25.2. The maximum Gasteiger partial charge on any atom is 0.248 e. The zero-order valence-electron chi connectivity index (χ0n) is 15.3. The summed E-state index contributed by atoms with van der Waals surface area (Å²) in [6.07, 6.45) is 5.98. The Morgan fingerprint density at radius 1 is 1.22 bits per heavy atom. The number of amides is 2. The molecule has 1 fully saturated rings. The number of carbonyl (C=O) groups is 2. The largest absolute Gasteiger partial charge is 0.370 e. The Morgan fingerprint density at radius 3 is 2.70 bits per heavy atom. The SMILES string of the molecule is Cc1c(F)cccc1NC(=O)/C=C/c1ccc(N(C)C2CC2)c(NC=O)c1. The van der Waals surface area contributed by atoms with Crippen LogP contribution >= 0.6 is 0 Å². The van der Waals surface area contributed by atoms with E-state index in [0.29, 0.717) is 29.4 Å². The van der Waals surface area contributed by atoms with Crippen molar-refractivity contribution in [3.63, 3.8) is 0 Å². The molecule has 3 rings (SSSR count). The molecule has 2 amide bonds. The predicted molar refractivity (Wildman–Crippen MR) is 106 cm³/mol. The van der Waals surface area contributed by atoms with E-state index in [-0.39, 0.29) is 11.7 Å². The second-order valence-corrected chi connectivity index (χ2v) is 6.62. The van der Waals surface area contributed by atoms with Crippen LogP contribution in [0.3, 0.4) is 0 Å². The summed E-state index contributed by atoms with van der Waals surface area (Å²) in [6, 6.07) is 10.7. The molecule has 1 aliphatic carbocycles. The Balaban J connectivity index is 1.74. The zero-order valence-corrected chi connectivity index (χ0v) is 15.3. The molecule has 5 nitrogen and oxygen atoms in total. The standard InChI is InChI=1S/C21H22FN3O2/c1-14-17(22)4-3-5-18(14)24-21(27)11-7-15-6-10-20(19(12-15)23-13-26)25(2)16-8-9-16/h3-7,10-13,16H,8-9H2,1-2H3,(H,23,26)(H,24,27)/b11-7+. The minimum atomic E-state index is -0.364. The predicted octanol–water partition coefficient (Wildman–Crippen LogP) is 3.95. The van der Waals surface area contributed by atoms with Gasteiger partial charge < -0.3 is 15.5 Å². The Kier molecular flexibility index (Phi) is 5.54. The number of nitrogens with one attached hydrogen (secondary N) is 2. The van der Waals surface area contributed by atoms with E-state index in [4.69, 9.17) is 0 Å². The van der Waals surface area contributed by atoms with Gasteiger partial charge in [-0.15, -0.1) is 0 Å². The molecule has 2 N–H and O–H groups in total. The fourth-order valence-electron chi connectivity index (χ4n) is 2.89. The molecule has 1 saturated carbocycles. The molecule has 0 bridgehead atoms. The Hall–Kier alpha value is -3.15. The lowest BCUT2D eigenvalue weighted by Crippen LogP contribution is -2.20. The van der Waals surface area contributed by atoms with E-state index < -0.39 is 0 Å². The molecule has 0 aromatic heterocycles. The molecule has 6 heteroatoms. The first-order valence-corrected chi connectivity index (χ1v) is 8.81. The summed E-state index contributed by atoms with van der Waals surface area (Å²) in [6.45, 7) is 1.61. The highest BCUT2D eigenvalue weighted by molar-refractivity contribution is 6.02. The third-order valence-electron chi connectivity index (χ3n) is 4.66. The van der Waals surface area contributed by atoms with Gasteiger partial charge in [0.15, 0.2) is 0 Å². The van der Waals surface area contributed by atoms with Crippen molar-refractivity contribution in [1.29, 1.82) is 0 Å². The molecule has 2 aromatic carbocycles. The number of anilines is 3. The smallest absolute Gasteiger partial charge is 0.248 e. The van der Waals surface area contributed by atoms with Crippen molar-refractivity contribution < 1.29 is 14.0 Å². The third kappa shape index (κ3) is 4.53. The number of carbonyl (C=O) groups excluding carboxylic acids is 2. The molecule has 140 valence electrons. The summed E-state index contributed by atoms with van der Waals surface area (Å²) < 4.78 is 13.6. The highest BCUT2D eigenvalue weighted by atomic mass is 19.1. The van der Waals surface area contributed by atoms with Crippen molar-refractivity contribution in [2.24, 2.45) is 0 Å². The van der Waals surface area contributed by atoms with E-state index in [2.05, 4.69) is 15.5 Å². The minimum absolute atomic E-state index is 0.354. The van der Waals surface area contributed by atoms with Crippen molar-refractivity contribution in [1.82, 2.24) is 0 Å². The molecule has 0 saturated heterocycles. The van der Waals surface area contributed by atoms with Crippen molar-refractivity contribution in [3.8, 4) is 0 Å². The zero-order chi connectivity index (χ0) is 19.4. The van der Waals surface area contributed by atoms with Gasteiger partial charge in [-0.3, -0.25) is 9.59 Å². The van der Waals surface area contributed by atoms with Gasteiger partial charge in [0.25, 0.3) is 0 Å². The first-order valence-electron chi connectivity index (χ1n) is 8.81. The molecule has 1 aliphatic rings. The van der Waals surface area contributed by atoms with Crippen LogP contribution in [0.4, 0.5) is 21.5 Å². The van der Waals surface area contributed by atoms with Crippen LogP contribution in [0.1, 0.15) is 24.0 Å². The number of nitrogens with zero attached hydrogens (tertiary/aromatic N) is 1. The lowest BCUT2D eigenvalue weighted by Gasteiger charge is -2.22. The lowest BCUT2D eigenvalue weighted by molar-refractivity contribution is -0.111. The van der Waals surface area contributed by atoms with E-state index >= 15 is 0 Å². The maximum atomic E-state index is 13.6. The molecular formula is C21H22FN3O2. The number of hydrogen-bond donors (Lipinski definition) is 2. The van der Waals surface area contributed by atoms with Crippen LogP contribution in [0.25, 0.3) is 6.08 Å². The van der Waals surface area contributed by atoms with Crippen molar-refractivity contribution in [2.75, 3.05) is 22.6 Å². The maximum absolute atomic E-state index is 13.6. The monoisotopic (exact) mass is 367 g/mol. The van der Waals surface area contributed by atoms with Gasteiger partial charge in [-0.25, -0.2) is 4.39 Å². The fraction of sp³-hybridized carbons (Fsp3) is 0.238. The van der Waals surface area contributed by atoms with Crippen LogP contribution in [0.15, 0.2) is 42.5 Å². The normalized spacial score (nSPS) is 13.4. The van der Waals surface area contributed by atoms with Crippen molar-refractivity contribution in [2.45, 2.75) is 25.8 Å². The molecule has 0 atom stereocenters. The number of benzene rings is 2. The topological polar surface area (TPSA) is 61.4 Å². The second-order valence-electron chi connectivity index (χ2n) is 6.62. The quantitative estimate of drug-likeness (QED) is 0.575. The van der Waals surface area contributed by atoms with Crippen LogP contribution in [0.2, 0.25) is 0 Å². The van der Waals surface area contributed by atoms with Crippen LogP contribution in [-0.2, 0) is 9.59 Å². The molecule has 0 aliphatic heterocycles. The van der Waals surface area contributed by atoms with E-state index in [1.54, 1.807) is 25.1 Å². The highest BCUT2D eigenvalue weighted by Gasteiger charge is 2.27. The van der Waals surface area contributed by atoms with Gasteiger partial charge in [0.2, 0.25) is 12.3 Å². The molecule has 0 heterocycles. The van der Waals surface area contributed by atoms with Gasteiger partial charge >= 0.3 is 0 Å². The Labute approximate surface area is 157 Å². The summed E-state index contributed by atoms with van der Waals surface area (Å²) >= 11 is 0. The summed E-state index contributed by atoms with van der Waals surface area (Å²) in [7, 11) is 2.01. The van der Waals surface area contributed by atoms with Crippen molar-refractivity contribution in [3.05, 3.63) is 59.4 Å². The average Bonchev–Trinajstić information content (AvgIpc) is 3.49. The number of rotatable bonds is 7.